The number of aliphatic carboxylic acids is 1. The zero-order chi connectivity index (χ0) is 15.1. The summed E-state index contributed by atoms with van der Waals surface area (Å²) in [6, 6.07) is 5.21. The monoisotopic (exact) mass is 299 g/mol. The Balaban J connectivity index is 2.64. The molecule has 0 aromatic heterocycles. The fourth-order valence-electron chi connectivity index (χ4n) is 1.78. The highest BCUT2D eigenvalue weighted by Gasteiger charge is 2.15. The van der Waals surface area contributed by atoms with E-state index < -0.39 is 5.97 Å². The molecule has 0 heterocycles. The van der Waals surface area contributed by atoms with Crippen LogP contribution < -0.4 is 4.74 Å². The van der Waals surface area contributed by atoms with Crippen LogP contribution in [0, 0.1) is 0 Å². The zero-order valence-electron chi connectivity index (χ0n) is 11.6. The molecule has 0 aliphatic rings. The van der Waals surface area contributed by atoms with Gasteiger partial charge in [0.2, 0.25) is 5.91 Å². The Hall–Kier alpha value is -1.75. The van der Waals surface area contributed by atoms with Crippen molar-refractivity contribution in [1.29, 1.82) is 0 Å². The van der Waals surface area contributed by atoms with Gasteiger partial charge in [-0.3, -0.25) is 9.59 Å². The number of halogens is 1. The molecule has 5 nitrogen and oxygen atoms in total. The number of hydrogen-bond acceptors (Lipinski definition) is 3. The lowest BCUT2D eigenvalue weighted by Crippen LogP contribution is -2.29. The number of nitrogens with zero attached hydrogens (tertiary/aromatic N) is 1. The molecule has 0 aliphatic heterocycles. The molecule has 1 amide bonds. The van der Waals surface area contributed by atoms with Crippen LogP contribution in [0.3, 0.4) is 0 Å². The van der Waals surface area contributed by atoms with Crippen molar-refractivity contribution < 1.29 is 19.4 Å². The van der Waals surface area contributed by atoms with Gasteiger partial charge >= 0.3 is 5.97 Å². The lowest BCUT2D eigenvalue weighted by molar-refractivity contribution is -0.138. The Labute approximate surface area is 123 Å². The molecule has 0 radical (unpaired) electrons. The maximum Gasteiger partial charge on any atom is 0.303 e. The molecule has 0 atom stereocenters. The third-order valence-electron chi connectivity index (χ3n) is 2.93. The molecule has 1 rings (SSSR count). The standard InChI is InChI=1S/C14H18ClNO4/c1-16(8-4-7-14(18)19)13(17)9-10-11(15)5-3-6-12(10)20-2/h3,5-6H,4,7-9H2,1-2H3,(H,18,19). The van der Waals surface area contributed by atoms with Crippen molar-refractivity contribution >= 4 is 23.5 Å². The van der Waals surface area contributed by atoms with Crippen molar-refractivity contribution in [2.75, 3.05) is 20.7 Å². The molecule has 6 heteroatoms. The van der Waals surface area contributed by atoms with E-state index in [0.717, 1.165) is 0 Å². The van der Waals surface area contributed by atoms with E-state index in [4.69, 9.17) is 21.4 Å². The first kappa shape index (κ1) is 16.3. The van der Waals surface area contributed by atoms with Gasteiger partial charge in [-0.05, 0) is 18.6 Å². The Kier molecular flexibility index (Phi) is 6.31. The topological polar surface area (TPSA) is 66.8 Å². The molecular formula is C14H18ClNO4. The number of rotatable bonds is 7. The van der Waals surface area contributed by atoms with Gasteiger partial charge in [0.15, 0.2) is 0 Å². The van der Waals surface area contributed by atoms with Crippen LogP contribution in [-0.4, -0.2) is 42.6 Å². The minimum Gasteiger partial charge on any atom is -0.496 e. The smallest absolute Gasteiger partial charge is 0.303 e. The number of amides is 1. The van der Waals surface area contributed by atoms with E-state index in [1.165, 1.54) is 12.0 Å². The Bertz CT molecular complexity index is 490. The predicted molar refractivity (Wildman–Crippen MR) is 76.2 cm³/mol. The lowest BCUT2D eigenvalue weighted by atomic mass is 10.1. The first-order chi connectivity index (χ1) is 9.45. The molecule has 110 valence electrons. The van der Waals surface area contributed by atoms with Gasteiger partial charge < -0.3 is 14.7 Å². The first-order valence-electron chi connectivity index (χ1n) is 6.22. The van der Waals surface area contributed by atoms with Gasteiger partial charge in [-0.25, -0.2) is 0 Å². The summed E-state index contributed by atoms with van der Waals surface area (Å²) >= 11 is 6.07. The molecular weight excluding hydrogens is 282 g/mol. The maximum atomic E-state index is 12.1. The van der Waals surface area contributed by atoms with E-state index in [2.05, 4.69) is 0 Å². The van der Waals surface area contributed by atoms with Gasteiger partial charge in [0.1, 0.15) is 5.75 Å². The molecule has 0 unspecified atom stereocenters. The van der Waals surface area contributed by atoms with Crippen molar-refractivity contribution in [1.82, 2.24) is 4.90 Å². The quantitative estimate of drug-likeness (QED) is 0.838. The van der Waals surface area contributed by atoms with Crippen LogP contribution in [0.1, 0.15) is 18.4 Å². The fraction of sp³-hybridized carbons (Fsp3) is 0.429. The van der Waals surface area contributed by atoms with Crippen LogP contribution in [0.4, 0.5) is 0 Å². The molecule has 0 bridgehead atoms. The van der Waals surface area contributed by atoms with Crippen LogP contribution in [0.2, 0.25) is 5.02 Å². The Morgan fingerprint density at radius 3 is 2.70 bits per heavy atom. The third-order valence-corrected chi connectivity index (χ3v) is 3.29. The number of hydrogen-bond donors (Lipinski definition) is 1. The van der Waals surface area contributed by atoms with Crippen LogP contribution in [0.25, 0.3) is 0 Å². The number of methoxy groups -OCH3 is 1. The van der Waals surface area contributed by atoms with Crippen LogP contribution in [0.15, 0.2) is 18.2 Å². The molecule has 0 saturated heterocycles. The Morgan fingerprint density at radius 2 is 2.10 bits per heavy atom. The number of carbonyl (C=O) groups is 2. The van der Waals surface area contributed by atoms with Crippen LogP contribution in [0.5, 0.6) is 5.75 Å². The van der Waals surface area contributed by atoms with E-state index >= 15 is 0 Å². The van der Waals surface area contributed by atoms with Gasteiger partial charge in [0.05, 0.1) is 13.5 Å². The average Bonchev–Trinajstić information content (AvgIpc) is 2.40. The fourth-order valence-corrected chi connectivity index (χ4v) is 2.01. The second-order valence-electron chi connectivity index (χ2n) is 4.41. The number of carboxylic acid groups (broad SMARTS) is 1. The molecule has 1 N–H and O–H groups in total. The second-order valence-corrected chi connectivity index (χ2v) is 4.82. The van der Waals surface area contributed by atoms with Crippen molar-refractivity contribution in [3.8, 4) is 5.75 Å². The molecule has 0 fully saturated rings. The predicted octanol–water partition coefficient (Wildman–Crippen LogP) is 2.21. The molecule has 20 heavy (non-hydrogen) atoms. The second kappa shape index (κ2) is 7.75. The number of carboxylic acids is 1. The van der Waals surface area contributed by atoms with Crippen molar-refractivity contribution in [3.05, 3.63) is 28.8 Å². The summed E-state index contributed by atoms with van der Waals surface area (Å²) in [4.78, 5) is 24.0. The van der Waals surface area contributed by atoms with E-state index in [0.29, 0.717) is 29.3 Å². The molecule has 1 aromatic rings. The minimum atomic E-state index is -0.862. The zero-order valence-corrected chi connectivity index (χ0v) is 12.3. The first-order valence-corrected chi connectivity index (χ1v) is 6.60. The van der Waals surface area contributed by atoms with Crippen molar-refractivity contribution in [2.24, 2.45) is 0 Å². The number of benzene rings is 1. The highest BCUT2D eigenvalue weighted by Crippen LogP contribution is 2.27. The van der Waals surface area contributed by atoms with Crippen molar-refractivity contribution in [3.63, 3.8) is 0 Å². The lowest BCUT2D eigenvalue weighted by Gasteiger charge is -2.18. The molecule has 1 aromatic carbocycles. The SMILES string of the molecule is COc1cccc(Cl)c1CC(=O)N(C)CCCC(=O)O. The van der Waals surface area contributed by atoms with Gasteiger partial charge in [-0.1, -0.05) is 17.7 Å². The number of likely N-dealkylation sites (N-methyl/N-ethyl adjacent to an activating group) is 1. The highest BCUT2D eigenvalue weighted by atomic mass is 35.5. The summed E-state index contributed by atoms with van der Waals surface area (Å²) in [7, 11) is 3.17. The summed E-state index contributed by atoms with van der Waals surface area (Å²) in [6.07, 6.45) is 0.608. The number of ether oxygens (including phenoxy) is 1. The summed E-state index contributed by atoms with van der Waals surface area (Å²) in [5.41, 5.74) is 0.645. The maximum absolute atomic E-state index is 12.1. The van der Waals surface area contributed by atoms with Crippen LogP contribution in [-0.2, 0) is 16.0 Å². The normalized spacial score (nSPS) is 10.2. The highest BCUT2D eigenvalue weighted by molar-refractivity contribution is 6.31. The summed E-state index contributed by atoms with van der Waals surface area (Å²) in [5.74, 6) is -0.412. The van der Waals surface area contributed by atoms with Crippen LogP contribution >= 0.6 is 11.6 Å². The molecule has 0 saturated carbocycles. The summed E-state index contributed by atoms with van der Waals surface area (Å²) in [5, 5.41) is 9.05. The van der Waals surface area contributed by atoms with Gasteiger partial charge in [-0.2, -0.15) is 0 Å². The summed E-state index contributed by atoms with van der Waals surface area (Å²) < 4.78 is 5.19. The van der Waals surface area contributed by atoms with E-state index in [1.54, 1.807) is 25.2 Å². The Morgan fingerprint density at radius 1 is 1.40 bits per heavy atom. The molecule has 0 spiro atoms. The van der Waals surface area contributed by atoms with Gasteiger partial charge in [0, 0.05) is 30.6 Å². The number of carbonyl (C=O) groups excluding carboxylic acids is 1. The largest absolute Gasteiger partial charge is 0.496 e. The van der Waals surface area contributed by atoms with E-state index in [-0.39, 0.29) is 18.7 Å². The van der Waals surface area contributed by atoms with Gasteiger partial charge in [0.25, 0.3) is 0 Å². The van der Waals surface area contributed by atoms with Gasteiger partial charge in [-0.15, -0.1) is 0 Å². The van der Waals surface area contributed by atoms with E-state index in [1.807, 2.05) is 0 Å². The van der Waals surface area contributed by atoms with Crippen molar-refractivity contribution in [2.45, 2.75) is 19.3 Å². The molecule has 0 aliphatic carbocycles. The minimum absolute atomic E-state index is 0.0486. The average molecular weight is 300 g/mol. The summed E-state index contributed by atoms with van der Waals surface area (Å²) in [6.45, 7) is 0.401. The third kappa shape index (κ3) is 4.74. The van der Waals surface area contributed by atoms with E-state index in [9.17, 15) is 9.59 Å².